The minimum Gasteiger partial charge on any atom is -0.465 e. The van der Waals surface area contributed by atoms with Gasteiger partial charge in [0.2, 0.25) is 0 Å². The standard InChI is InChI=1S/C18H17ClN4O3S/c1-10-15(17(25)26-3)11(2)21-16(10)14(24)8-27-18-22-20-9-23(18)13-6-4-5-12(19)7-13/h4-7,9,21H,8H2,1-3H3. The molecule has 3 rings (SSSR count). The number of methoxy groups -OCH3 is 1. The predicted octanol–water partition coefficient (Wildman–Crippen LogP) is 3.63. The van der Waals surface area contributed by atoms with Gasteiger partial charge in [0, 0.05) is 10.7 Å². The monoisotopic (exact) mass is 404 g/mol. The normalized spacial score (nSPS) is 10.8. The van der Waals surface area contributed by atoms with Crippen LogP contribution in [0.1, 0.15) is 32.1 Å². The molecule has 2 aromatic heterocycles. The fourth-order valence-electron chi connectivity index (χ4n) is 2.77. The molecule has 0 radical (unpaired) electrons. The van der Waals surface area contributed by atoms with Crippen LogP contribution in [-0.4, -0.2) is 44.4 Å². The molecule has 9 heteroatoms. The van der Waals surface area contributed by atoms with Crippen LogP contribution in [0.25, 0.3) is 5.69 Å². The number of ether oxygens (including phenoxy) is 1. The number of aromatic amines is 1. The number of nitrogens with one attached hydrogen (secondary N) is 1. The van der Waals surface area contributed by atoms with E-state index in [0.29, 0.717) is 32.7 Å². The molecule has 0 unspecified atom stereocenters. The fourth-order valence-corrected chi connectivity index (χ4v) is 3.75. The molecule has 0 spiro atoms. The van der Waals surface area contributed by atoms with Crippen molar-refractivity contribution in [3.63, 3.8) is 0 Å². The lowest BCUT2D eigenvalue weighted by Crippen LogP contribution is -2.07. The number of Topliss-reactive ketones (excluding diaryl/α,β-unsaturated/α-hetero) is 1. The summed E-state index contributed by atoms with van der Waals surface area (Å²) >= 11 is 7.29. The Labute approximate surface area is 165 Å². The van der Waals surface area contributed by atoms with E-state index in [9.17, 15) is 9.59 Å². The quantitative estimate of drug-likeness (QED) is 0.383. The number of esters is 1. The first-order chi connectivity index (χ1) is 12.9. The number of carbonyl (C=O) groups is 2. The van der Waals surface area contributed by atoms with Crippen molar-refractivity contribution in [2.45, 2.75) is 19.0 Å². The summed E-state index contributed by atoms with van der Waals surface area (Å²) in [6, 6.07) is 7.28. The van der Waals surface area contributed by atoms with Crippen molar-refractivity contribution < 1.29 is 14.3 Å². The Kier molecular flexibility index (Phi) is 5.67. The first-order valence-corrected chi connectivity index (χ1v) is 9.38. The summed E-state index contributed by atoms with van der Waals surface area (Å²) in [6.07, 6.45) is 1.57. The van der Waals surface area contributed by atoms with Gasteiger partial charge >= 0.3 is 5.97 Å². The second kappa shape index (κ2) is 7.98. The van der Waals surface area contributed by atoms with E-state index >= 15 is 0 Å². The number of rotatable bonds is 6. The van der Waals surface area contributed by atoms with Gasteiger partial charge in [0.05, 0.1) is 29.8 Å². The summed E-state index contributed by atoms with van der Waals surface area (Å²) in [4.78, 5) is 27.5. The van der Waals surface area contributed by atoms with Crippen LogP contribution in [-0.2, 0) is 4.74 Å². The highest BCUT2D eigenvalue weighted by Crippen LogP contribution is 2.24. The van der Waals surface area contributed by atoms with Gasteiger partial charge in [0.15, 0.2) is 10.9 Å². The molecule has 0 aliphatic rings. The molecule has 7 nitrogen and oxygen atoms in total. The first kappa shape index (κ1) is 19.2. The van der Waals surface area contributed by atoms with Gasteiger partial charge in [-0.1, -0.05) is 29.4 Å². The van der Waals surface area contributed by atoms with Gasteiger partial charge in [-0.15, -0.1) is 10.2 Å². The van der Waals surface area contributed by atoms with Crippen molar-refractivity contribution in [3.05, 3.63) is 58.1 Å². The number of hydrogen-bond acceptors (Lipinski definition) is 6. The van der Waals surface area contributed by atoms with Gasteiger partial charge in [-0.3, -0.25) is 9.36 Å². The lowest BCUT2D eigenvalue weighted by molar-refractivity contribution is 0.0599. The zero-order valence-corrected chi connectivity index (χ0v) is 16.5. The van der Waals surface area contributed by atoms with Gasteiger partial charge in [-0.05, 0) is 37.6 Å². The Morgan fingerprint density at radius 3 is 2.81 bits per heavy atom. The van der Waals surface area contributed by atoms with Crippen LogP contribution in [0.3, 0.4) is 0 Å². The lowest BCUT2D eigenvalue weighted by atomic mass is 10.1. The van der Waals surface area contributed by atoms with Crippen molar-refractivity contribution in [3.8, 4) is 5.69 Å². The highest BCUT2D eigenvalue weighted by Gasteiger charge is 2.23. The summed E-state index contributed by atoms with van der Waals surface area (Å²) in [5, 5.41) is 9.16. The van der Waals surface area contributed by atoms with E-state index in [4.69, 9.17) is 16.3 Å². The molecule has 1 N–H and O–H groups in total. The number of hydrogen-bond donors (Lipinski definition) is 1. The Hall–Kier alpha value is -2.58. The van der Waals surface area contributed by atoms with E-state index in [0.717, 1.165) is 5.69 Å². The number of H-pyrrole nitrogens is 1. The van der Waals surface area contributed by atoms with Gasteiger partial charge in [-0.2, -0.15) is 0 Å². The lowest BCUT2D eigenvalue weighted by Gasteiger charge is -2.06. The number of nitrogens with zero attached hydrogens (tertiary/aromatic N) is 3. The number of aryl methyl sites for hydroxylation is 1. The van der Waals surface area contributed by atoms with E-state index in [-0.39, 0.29) is 11.5 Å². The number of halogens is 1. The molecular weight excluding hydrogens is 388 g/mol. The summed E-state index contributed by atoms with van der Waals surface area (Å²) in [5.41, 5.74) is 2.79. The molecular formula is C18H17ClN4O3S. The largest absolute Gasteiger partial charge is 0.465 e. The molecule has 0 aliphatic carbocycles. The molecule has 27 heavy (non-hydrogen) atoms. The number of thioether (sulfide) groups is 1. The van der Waals surface area contributed by atoms with Crippen LogP contribution in [0.2, 0.25) is 5.02 Å². The zero-order chi connectivity index (χ0) is 19.6. The van der Waals surface area contributed by atoms with Crippen LogP contribution in [0.4, 0.5) is 0 Å². The van der Waals surface area contributed by atoms with E-state index in [1.807, 2.05) is 12.1 Å². The van der Waals surface area contributed by atoms with Crippen LogP contribution < -0.4 is 0 Å². The Morgan fingerprint density at radius 2 is 2.11 bits per heavy atom. The summed E-state index contributed by atoms with van der Waals surface area (Å²) in [6.45, 7) is 3.46. The fraction of sp³-hybridized carbons (Fsp3) is 0.222. The van der Waals surface area contributed by atoms with E-state index < -0.39 is 5.97 Å². The van der Waals surface area contributed by atoms with E-state index in [2.05, 4.69) is 15.2 Å². The molecule has 0 fully saturated rings. The highest BCUT2D eigenvalue weighted by atomic mass is 35.5. The van der Waals surface area contributed by atoms with Crippen molar-refractivity contribution in [2.75, 3.05) is 12.9 Å². The first-order valence-electron chi connectivity index (χ1n) is 8.01. The van der Waals surface area contributed by atoms with E-state index in [1.54, 1.807) is 36.9 Å². The molecule has 0 atom stereocenters. The molecule has 0 bridgehead atoms. The minimum atomic E-state index is -0.464. The summed E-state index contributed by atoms with van der Waals surface area (Å²) < 4.78 is 6.54. The SMILES string of the molecule is COC(=O)c1c(C)[nH]c(C(=O)CSc2nncn2-c2cccc(Cl)c2)c1C. The van der Waals surface area contributed by atoms with Gasteiger partial charge in [0.1, 0.15) is 6.33 Å². The molecule has 0 amide bonds. The third kappa shape index (κ3) is 3.91. The maximum Gasteiger partial charge on any atom is 0.339 e. The van der Waals surface area contributed by atoms with Crippen molar-refractivity contribution >= 4 is 35.1 Å². The average Bonchev–Trinajstić information content (AvgIpc) is 3.23. The number of aromatic nitrogens is 4. The predicted molar refractivity (Wildman–Crippen MR) is 103 cm³/mol. The maximum absolute atomic E-state index is 12.7. The van der Waals surface area contributed by atoms with Crippen LogP contribution >= 0.6 is 23.4 Å². The summed E-state index contributed by atoms with van der Waals surface area (Å²) in [5.74, 6) is -0.467. The molecule has 2 heterocycles. The molecule has 0 saturated heterocycles. The Balaban J connectivity index is 1.78. The zero-order valence-electron chi connectivity index (χ0n) is 14.9. The van der Waals surface area contributed by atoms with Crippen LogP contribution in [0, 0.1) is 13.8 Å². The molecule has 1 aromatic carbocycles. The van der Waals surface area contributed by atoms with Gasteiger partial charge in [0.25, 0.3) is 0 Å². The second-order valence-corrected chi connectivity index (χ2v) is 7.17. The number of benzene rings is 1. The van der Waals surface area contributed by atoms with Crippen molar-refractivity contribution in [1.29, 1.82) is 0 Å². The molecule has 0 aliphatic heterocycles. The van der Waals surface area contributed by atoms with Gasteiger partial charge in [-0.25, -0.2) is 4.79 Å². The Bertz CT molecular complexity index is 1010. The maximum atomic E-state index is 12.7. The number of carbonyl (C=O) groups excluding carboxylic acids is 2. The minimum absolute atomic E-state index is 0.140. The third-order valence-corrected chi connectivity index (χ3v) is 5.22. The smallest absolute Gasteiger partial charge is 0.339 e. The van der Waals surface area contributed by atoms with Crippen molar-refractivity contribution in [2.24, 2.45) is 0 Å². The van der Waals surface area contributed by atoms with Crippen LogP contribution in [0.5, 0.6) is 0 Å². The highest BCUT2D eigenvalue weighted by molar-refractivity contribution is 7.99. The molecule has 3 aromatic rings. The summed E-state index contributed by atoms with van der Waals surface area (Å²) in [7, 11) is 1.31. The van der Waals surface area contributed by atoms with Gasteiger partial charge < -0.3 is 9.72 Å². The average molecular weight is 405 g/mol. The third-order valence-electron chi connectivity index (χ3n) is 4.04. The van der Waals surface area contributed by atoms with E-state index in [1.165, 1.54) is 18.9 Å². The Morgan fingerprint density at radius 1 is 1.33 bits per heavy atom. The topological polar surface area (TPSA) is 89.9 Å². The molecule has 0 saturated carbocycles. The second-order valence-electron chi connectivity index (χ2n) is 5.79. The molecule has 140 valence electrons. The van der Waals surface area contributed by atoms with Crippen molar-refractivity contribution in [1.82, 2.24) is 19.7 Å². The van der Waals surface area contributed by atoms with Crippen LogP contribution in [0.15, 0.2) is 35.7 Å². The number of ketones is 1.